The number of thiazole rings is 1. The molecule has 2 amide bonds. The molecule has 1 heterocycles. The van der Waals surface area contributed by atoms with E-state index in [0.717, 1.165) is 22.6 Å². The van der Waals surface area contributed by atoms with Crippen LogP contribution in [0.1, 0.15) is 28.8 Å². The molecule has 6 nitrogen and oxygen atoms in total. The van der Waals surface area contributed by atoms with Crippen LogP contribution in [0.4, 0.5) is 9.52 Å². The molecule has 0 saturated carbocycles. The first kappa shape index (κ1) is 21.4. The minimum absolute atomic E-state index is 0.178. The van der Waals surface area contributed by atoms with Gasteiger partial charge in [-0.05, 0) is 49.7 Å². The number of hydrogen-bond donors (Lipinski definition) is 2. The molecule has 0 fully saturated rings. The minimum atomic E-state index is -0.394. The van der Waals surface area contributed by atoms with Gasteiger partial charge in [0.2, 0.25) is 5.91 Å². The van der Waals surface area contributed by atoms with Crippen LogP contribution in [0.3, 0.4) is 0 Å². The summed E-state index contributed by atoms with van der Waals surface area (Å²) in [4.78, 5) is 28.6. The van der Waals surface area contributed by atoms with E-state index in [1.165, 1.54) is 35.6 Å². The van der Waals surface area contributed by atoms with Gasteiger partial charge in [-0.2, -0.15) is 0 Å². The predicted octanol–water partition coefficient (Wildman–Crippen LogP) is 4.41. The highest BCUT2D eigenvalue weighted by molar-refractivity contribution is 7.14. The minimum Gasteiger partial charge on any atom is -0.496 e. The number of aryl methyl sites for hydroxylation is 1. The first-order chi connectivity index (χ1) is 14.5. The first-order valence-electron chi connectivity index (χ1n) is 9.40. The molecule has 0 atom stereocenters. The van der Waals surface area contributed by atoms with Gasteiger partial charge in [-0.3, -0.25) is 9.59 Å². The van der Waals surface area contributed by atoms with Crippen LogP contribution in [0.25, 0.3) is 11.3 Å². The molecule has 156 valence electrons. The van der Waals surface area contributed by atoms with Crippen molar-refractivity contribution in [3.8, 4) is 17.0 Å². The SMILES string of the molecule is COc1ccc(C)cc1-c1csc(NC(=O)CCCNC(=O)c2ccc(F)cc2)n1. The van der Waals surface area contributed by atoms with Gasteiger partial charge in [0, 0.05) is 29.5 Å². The molecule has 0 unspecified atom stereocenters. The van der Waals surface area contributed by atoms with E-state index in [-0.39, 0.29) is 18.2 Å². The standard InChI is InChI=1S/C22H22FN3O3S/c1-14-5-10-19(29-2)17(12-14)18-13-30-22(25-18)26-20(27)4-3-11-24-21(28)15-6-8-16(23)9-7-15/h5-10,12-13H,3-4,11H2,1-2H3,(H,24,28)(H,25,26,27). The number of hydrogen-bond acceptors (Lipinski definition) is 5. The molecule has 30 heavy (non-hydrogen) atoms. The zero-order valence-corrected chi connectivity index (χ0v) is 17.5. The number of benzene rings is 2. The van der Waals surface area contributed by atoms with Crippen molar-refractivity contribution in [3.05, 3.63) is 64.8 Å². The number of ether oxygens (including phenoxy) is 1. The lowest BCUT2D eigenvalue weighted by Gasteiger charge is -2.07. The molecule has 0 aliphatic rings. The van der Waals surface area contributed by atoms with Crippen molar-refractivity contribution in [1.82, 2.24) is 10.3 Å². The molecular formula is C22H22FN3O3S. The molecule has 0 bridgehead atoms. The second-order valence-electron chi connectivity index (χ2n) is 6.66. The lowest BCUT2D eigenvalue weighted by molar-refractivity contribution is -0.116. The Morgan fingerprint density at radius 3 is 2.67 bits per heavy atom. The number of halogens is 1. The summed E-state index contributed by atoms with van der Waals surface area (Å²) in [6.45, 7) is 2.33. The molecule has 1 aromatic heterocycles. The number of carbonyl (C=O) groups excluding carboxylic acids is 2. The van der Waals surface area contributed by atoms with E-state index < -0.39 is 5.82 Å². The fourth-order valence-corrected chi connectivity index (χ4v) is 3.54. The third kappa shape index (κ3) is 5.64. The number of methoxy groups -OCH3 is 1. The quantitative estimate of drug-likeness (QED) is 0.522. The summed E-state index contributed by atoms with van der Waals surface area (Å²) in [7, 11) is 1.61. The highest BCUT2D eigenvalue weighted by Gasteiger charge is 2.12. The first-order valence-corrected chi connectivity index (χ1v) is 10.3. The van der Waals surface area contributed by atoms with Crippen molar-refractivity contribution in [3.63, 3.8) is 0 Å². The number of nitrogens with one attached hydrogen (secondary N) is 2. The smallest absolute Gasteiger partial charge is 0.251 e. The van der Waals surface area contributed by atoms with Crippen LogP contribution in [0.5, 0.6) is 5.75 Å². The van der Waals surface area contributed by atoms with Gasteiger partial charge < -0.3 is 15.4 Å². The van der Waals surface area contributed by atoms with Gasteiger partial charge in [0.25, 0.3) is 5.91 Å². The van der Waals surface area contributed by atoms with E-state index in [1.807, 2.05) is 30.5 Å². The largest absolute Gasteiger partial charge is 0.496 e. The third-order valence-electron chi connectivity index (χ3n) is 4.35. The summed E-state index contributed by atoms with van der Waals surface area (Å²) >= 11 is 1.34. The second-order valence-corrected chi connectivity index (χ2v) is 7.51. The Bertz CT molecular complexity index is 1030. The van der Waals surface area contributed by atoms with E-state index in [4.69, 9.17) is 4.74 Å². The Kier molecular flexibility index (Phi) is 7.13. The van der Waals surface area contributed by atoms with Gasteiger partial charge in [-0.1, -0.05) is 11.6 Å². The fraction of sp³-hybridized carbons (Fsp3) is 0.227. The molecule has 0 radical (unpaired) electrons. The van der Waals surface area contributed by atoms with Gasteiger partial charge in [-0.25, -0.2) is 9.37 Å². The van der Waals surface area contributed by atoms with Gasteiger partial charge in [0.1, 0.15) is 11.6 Å². The molecule has 0 aliphatic carbocycles. The maximum atomic E-state index is 12.9. The molecule has 0 saturated heterocycles. The van der Waals surface area contributed by atoms with Crippen LogP contribution in [-0.2, 0) is 4.79 Å². The lowest BCUT2D eigenvalue weighted by Crippen LogP contribution is -2.25. The molecule has 2 aromatic carbocycles. The normalized spacial score (nSPS) is 10.5. The van der Waals surface area contributed by atoms with Crippen LogP contribution >= 0.6 is 11.3 Å². The van der Waals surface area contributed by atoms with E-state index in [0.29, 0.717) is 23.7 Å². The zero-order chi connectivity index (χ0) is 21.5. The average molecular weight is 428 g/mol. The Hall–Kier alpha value is -3.26. The van der Waals surface area contributed by atoms with Crippen molar-refractivity contribution in [2.24, 2.45) is 0 Å². The zero-order valence-electron chi connectivity index (χ0n) is 16.7. The molecule has 3 rings (SSSR count). The Balaban J connectivity index is 1.47. The highest BCUT2D eigenvalue weighted by atomic mass is 32.1. The third-order valence-corrected chi connectivity index (χ3v) is 5.11. The fourth-order valence-electron chi connectivity index (χ4n) is 2.81. The lowest BCUT2D eigenvalue weighted by atomic mass is 10.1. The Morgan fingerprint density at radius 1 is 1.17 bits per heavy atom. The van der Waals surface area contributed by atoms with Crippen LogP contribution in [-0.4, -0.2) is 30.5 Å². The maximum Gasteiger partial charge on any atom is 0.251 e. The molecule has 0 spiro atoms. The number of carbonyl (C=O) groups is 2. The summed E-state index contributed by atoms with van der Waals surface area (Å²) in [5, 5.41) is 7.88. The van der Waals surface area contributed by atoms with Crippen molar-refractivity contribution >= 4 is 28.3 Å². The molecule has 2 N–H and O–H groups in total. The van der Waals surface area contributed by atoms with Crippen molar-refractivity contribution < 1.29 is 18.7 Å². The molecular weight excluding hydrogens is 405 g/mol. The van der Waals surface area contributed by atoms with Gasteiger partial charge >= 0.3 is 0 Å². The maximum absolute atomic E-state index is 12.9. The van der Waals surface area contributed by atoms with Crippen molar-refractivity contribution in [2.75, 3.05) is 19.0 Å². The van der Waals surface area contributed by atoms with E-state index in [2.05, 4.69) is 15.6 Å². The van der Waals surface area contributed by atoms with Gasteiger partial charge in [0.05, 0.1) is 12.8 Å². The number of nitrogens with zero attached hydrogens (tertiary/aromatic N) is 1. The molecule has 3 aromatic rings. The van der Waals surface area contributed by atoms with Gasteiger partial charge in [-0.15, -0.1) is 11.3 Å². The number of anilines is 1. The second kappa shape index (κ2) is 9.98. The molecule has 8 heteroatoms. The number of aromatic nitrogens is 1. The average Bonchev–Trinajstić information content (AvgIpc) is 3.19. The number of rotatable bonds is 8. The van der Waals surface area contributed by atoms with Crippen molar-refractivity contribution in [1.29, 1.82) is 0 Å². The van der Waals surface area contributed by atoms with E-state index >= 15 is 0 Å². The van der Waals surface area contributed by atoms with Crippen LogP contribution < -0.4 is 15.4 Å². The Labute approximate surface area is 178 Å². The van der Waals surface area contributed by atoms with Crippen molar-refractivity contribution in [2.45, 2.75) is 19.8 Å². The highest BCUT2D eigenvalue weighted by Crippen LogP contribution is 2.33. The van der Waals surface area contributed by atoms with Crippen LogP contribution in [0, 0.1) is 12.7 Å². The summed E-state index contributed by atoms with van der Waals surface area (Å²) in [5.41, 5.74) is 3.08. The van der Waals surface area contributed by atoms with Crippen LogP contribution in [0.2, 0.25) is 0 Å². The summed E-state index contributed by atoms with van der Waals surface area (Å²) in [6.07, 6.45) is 0.717. The Morgan fingerprint density at radius 2 is 1.93 bits per heavy atom. The topological polar surface area (TPSA) is 80.3 Å². The predicted molar refractivity (Wildman–Crippen MR) is 115 cm³/mol. The summed E-state index contributed by atoms with van der Waals surface area (Å²) < 4.78 is 18.3. The number of amides is 2. The van der Waals surface area contributed by atoms with Crippen LogP contribution in [0.15, 0.2) is 47.8 Å². The monoisotopic (exact) mass is 427 g/mol. The van der Waals surface area contributed by atoms with Gasteiger partial charge in [0.15, 0.2) is 5.13 Å². The summed E-state index contributed by atoms with van der Waals surface area (Å²) in [6, 6.07) is 11.1. The molecule has 0 aliphatic heterocycles. The summed E-state index contributed by atoms with van der Waals surface area (Å²) in [5.74, 6) is -0.148. The van der Waals surface area contributed by atoms with E-state index in [9.17, 15) is 14.0 Å². The van der Waals surface area contributed by atoms with E-state index in [1.54, 1.807) is 7.11 Å².